The molecule has 2 aromatic carbocycles. The number of para-hydroxylation sites is 1. The molecule has 0 aliphatic carbocycles. The normalized spacial score (nSPS) is 11.5. The summed E-state index contributed by atoms with van der Waals surface area (Å²) in [6, 6.07) is 10.00. The molecule has 0 bridgehead atoms. The van der Waals surface area contributed by atoms with Crippen LogP contribution < -0.4 is 5.32 Å². The molecule has 1 N–H and O–H groups in total. The summed E-state index contributed by atoms with van der Waals surface area (Å²) in [7, 11) is 0. The van der Waals surface area contributed by atoms with Crippen molar-refractivity contribution in [2.24, 2.45) is 0 Å². The van der Waals surface area contributed by atoms with Crippen molar-refractivity contribution in [2.45, 2.75) is 16.9 Å². The van der Waals surface area contributed by atoms with Crippen molar-refractivity contribution < 1.29 is 17.6 Å². The Morgan fingerprint density at radius 3 is 2.48 bits per heavy atom. The van der Waals surface area contributed by atoms with Gasteiger partial charge in [-0.3, -0.25) is 0 Å². The van der Waals surface area contributed by atoms with E-state index in [1.54, 1.807) is 12.1 Å². The number of thioether (sulfide) groups is 1. The molecular weight excluding hydrogens is 326 g/mol. The van der Waals surface area contributed by atoms with E-state index in [0.29, 0.717) is 11.3 Å². The van der Waals surface area contributed by atoms with Gasteiger partial charge in [-0.05, 0) is 41.6 Å². The third-order valence-corrected chi connectivity index (χ3v) is 3.76. The molecule has 21 heavy (non-hydrogen) atoms. The predicted octanol–water partition coefficient (Wildman–Crippen LogP) is 5.70. The molecule has 2 rings (SSSR count). The van der Waals surface area contributed by atoms with Crippen molar-refractivity contribution >= 4 is 29.1 Å². The molecule has 0 aromatic heterocycles. The van der Waals surface area contributed by atoms with Crippen molar-refractivity contribution in [1.29, 1.82) is 0 Å². The molecular formula is C14H10ClF4NS. The molecule has 0 heterocycles. The van der Waals surface area contributed by atoms with E-state index in [1.807, 2.05) is 0 Å². The second-order valence-corrected chi connectivity index (χ2v) is 5.65. The second kappa shape index (κ2) is 6.58. The zero-order chi connectivity index (χ0) is 15.5. The Morgan fingerprint density at radius 2 is 1.81 bits per heavy atom. The number of hydrogen-bond donors (Lipinski definition) is 1. The van der Waals surface area contributed by atoms with Gasteiger partial charge in [0.25, 0.3) is 0 Å². The maximum atomic E-state index is 12.9. The highest BCUT2D eigenvalue weighted by Gasteiger charge is 2.30. The average molecular weight is 336 g/mol. The lowest BCUT2D eigenvalue weighted by molar-refractivity contribution is -0.0327. The Bertz CT molecular complexity index is 631. The van der Waals surface area contributed by atoms with Crippen LogP contribution in [0, 0.1) is 5.82 Å². The number of nitrogens with one attached hydrogen (secondary N) is 1. The first-order valence-electron chi connectivity index (χ1n) is 5.88. The molecule has 1 nitrogen and oxygen atoms in total. The lowest BCUT2D eigenvalue weighted by Crippen LogP contribution is -2.04. The number of halogens is 5. The number of benzene rings is 2. The van der Waals surface area contributed by atoms with Gasteiger partial charge in [0.2, 0.25) is 0 Å². The second-order valence-electron chi connectivity index (χ2n) is 4.13. The highest BCUT2D eigenvalue weighted by atomic mass is 35.5. The molecule has 0 fully saturated rings. The third kappa shape index (κ3) is 4.82. The van der Waals surface area contributed by atoms with Crippen LogP contribution in [0.5, 0.6) is 0 Å². The van der Waals surface area contributed by atoms with Gasteiger partial charge in [0.1, 0.15) is 5.82 Å². The lowest BCUT2D eigenvalue weighted by Gasteiger charge is -2.13. The average Bonchev–Trinajstić information content (AvgIpc) is 2.37. The van der Waals surface area contributed by atoms with Crippen LogP contribution >= 0.6 is 23.4 Å². The van der Waals surface area contributed by atoms with Gasteiger partial charge in [0, 0.05) is 22.2 Å². The maximum Gasteiger partial charge on any atom is 0.446 e. The van der Waals surface area contributed by atoms with E-state index in [-0.39, 0.29) is 28.2 Å². The van der Waals surface area contributed by atoms with Gasteiger partial charge < -0.3 is 5.32 Å². The van der Waals surface area contributed by atoms with Gasteiger partial charge in [-0.2, -0.15) is 13.2 Å². The van der Waals surface area contributed by atoms with E-state index in [0.717, 1.165) is 6.07 Å². The minimum Gasteiger partial charge on any atom is -0.380 e. The Kier molecular flexibility index (Phi) is 5.00. The summed E-state index contributed by atoms with van der Waals surface area (Å²) in [5, 5.41) is 3.11. The first kappa shape index (κ1) is 16.0. The van der Waals surface area contributed by atoms with E-state index < -0.39 is 11.3 Å². The summed E-state index contributed by atoms with van der Waals surface area (Å²) in [5.74, 6) is -0.461. The van der Waals surface area contributed by atoms with Crippen molar-refractivity contribution in [3.63, 3.8) is 0 Å². The molecule has 0 unspecified atom stereocenters. The fourth-order valence-electron chi connectivity index (χ4n) is 1.68. The zero-order valence-electron chi connectivity index (χ0n) is 10.5. The smallest absolute Gasteiger partial charge is 0.380 e. The van der Waals surface area contributed by atoms with Gasteiger partial charge in [-0.25, -0.2) is 4.39 Å². The molecule has 0 aliphatic rings. The number of alkyl halides is 3. The quantitative estimate of drug-likeness (QED) is 0.568. The molecule has 0 saturated carbocycles. The van der Waals surface area contributed by atoms with E-state index in [4.69, 9.17) is 11.6 Å². The highest BCUT2D eigenvalue weighted by molar-refractivity contribution is 8.00. The van der Waals surface area contributed by atoms with E-state index in [9.17, 15) is 17.6 Å². The summed E-state index contributed by atoms with van der Waals surface area (Å²) >= 11 is 5.69. The van der Waals surface area contributed by atoms with Crippen molar-refractivity contribution in [2.75, 3.05) is 5.32 Å². The first-order chi connectivity index (χ1) is 9.85. The fraction of sp³-hybridized carbons (Fsp3) is 0.143. The minimum absolute atomic E-state index is 0.0724. The first-order valence-corrected chi connectivity index (χ1v) is 7.07. The lowest BCUT2D eigenvalue weighted by atomic mass is 10.2. The SMILES string of the molecule is Fc1ccc(CNc2ccccc2SC(F)(F)F)c(Cl)c1. The summed E-state index contributed by atoms with van der Waals surface area (Å²) in [6.45, 7) is 0.203. The predicted molar refractivity (Wildman–Crippen MR) is 77.1 cm³/mol. The molecule has 0 saturated heterocycles. The van der Waals surface area contributed by atoms with Crippen molar-refractivity contribution in [3.05, 3.63) is 58.9 Å². The van der Waals surface area contributed by atoms with E-state index in [1.165, 1.54) is 24.3 Å². The molecule has 0 radical (unpaired) electrons. The molecule has 2 aromatic rings. The number of anilines is 1. The largest absolute Gasteiger partial charge is 0.446 e. The van der Waals surface area contributed by atoms with Gasteiger partial charge in [-0.1, -0.05) is 29.8 Å². The standard InChI is InChI=1S/C14H10ClF4NS/c15-11-7-10(16)6-5-9(11)8-20-12-3-1-2-4-13(12)21-14(17,18)19/h1-7,20H,8H2. The monoisotopic (exact) mass is 335 g/mol. The van der Waals surface area contributed by atoms with Crippen molar-refractivity contribution in [3.8, 4) is 0 Å². The topological polar surface area (TPSA) is 12.0 Å². The number of rotatable bonds is 4. The van der Waals surface area contributed by atoms with Crippen LogP contribution in [0.25, 0.3) is 0 Å². The highest BCUT2D eigenvalue weighted by Crippen LogP contribution is 2.40. The van der Waals surface area contributed by atoms with Crippen LogP contribution in [0.1, 0.15) is 5.56 Å². The van der Waals surface area contributed by atoms with Crippen LogP contribution in [0.2, 0.25) is 5.02 Å². The fourth-order valence-corrected chi connectivity index (χ4v) is 2.56. The Balaban J connectivity index is 2.13. The Morgan fingerprint density at radius 1 is 1.10 bits per heavy atom. The summed E-state index contributed by atoms with van der Waals surface area (Å²) in [4.78, 5) is 0.0724. The van der Waals surface area contributed by atoms with Crippen LogP contribution in [-0.4, -0.2) is 5.51 Å². The van der Waals surface area contributed by atoms with Crippen LogP contribution in [0.15, 0.2) is 47.4 Å². The molecule has 0 amide bonds. The van der Waals surface area contributed by atoms with Gasteiger partial charge in [0.15, 0.2) is 0 Å². The summed E-state index contributed by atoms with van der Waals surface area (Å²) < 4.78 is 50.3. The molecule has 0 spiro atoms. The molecule has 7 heteroatoms. The van der Waals surface area contributed by atoms with Gasteiger partial charge >= 0.3 is 5.51 Å². The maximum absolute atomic E-state index is 12.9. The minimum atomic E-state index is -4.36. The van der Waals surface area contributed by atoms with Crippen LogP contribution in [0.3, 0.4) is 0 Å². The van der Waals surface area contributed by atoms with Gasteiger partial charge in [0.05, 0.1) is 0 Å². The van der Waals surface area contributed by atoms with Crippen molar-refractivity contribution in [1.82, 2.24) is 0 Å². The van der Waals surface area contributed by atoms with E-state index >= 15 is 0 Å². The van der Waals surface area contributed by atoms with Crippen LogP contribution in [0.4, 0.5) is 23.2 Å². The Hall–Kier alpha value is -1.40. The Labute approximate surface area is 128 Å². The van der Waals surface area contributed by atoms with E-state index in [2.05, 4.69) is 5.32 Å². The third-order valence-electron chi connectivity index (χ3n) is 2.60. The summed E-state index contributed by atoms with van der Waals surface area (Å²) in [5.41, 5.74) is -3.41. The number of hydrogen-bond acceptors (Lipinski definition) is 2. The summed E-state index contributed by atoms with van der Waals surface area (Å²) in [6.07, 6.45) is 0. The zero-order valence-corrected chi connectivity index (χ0v) is 12.1. The molecule has 0 atom stereocenters. The van der Waals surface area contributed by atoms with Gasteiger partial charge in [-0.15, -0.1) is 0 Å². The molecule has 0 aliphatic heterocycles. The molecule has 112 valence electrons. The van der Waals surface area contributed by atoms with Crippen LogP contribution in [-0.2, 0) is 6.54 Å².